The average molecular weight is 288 g/mol. The van der Waals surface area contributed by atoms with E-state index in [4.69, 9.17) is 9.31 Å². The first-order chi connectivity index (χ1) is 10.1. The molecule has 2 aromatic rings. The Morgan fingerprint density at radius 2 is 1.48 bits per heavy atom. The van der Waals surface area contributed by atoms with Crippen LogP contribution in [0.1, 0.15) is 6.92 Å². The quantitative estimate of drug-likeness (QED) is 0.791. The van der Waals surface area contributed by atoms with Crippen LogP contribution < -0.4 is 5.46 Å². The molecule has 1 aliphatic rings. The van der Waals surface area contributed by atoms with E-state index in [1.165, 1.54) is 12.1 Å². The third kappa shape index (κ3) is 3.31. The van der Waals surface area contributed by atoms with Gasteiger partial charge in [0.1, 0.15) is 11.6 Å². The van der Waals surface area contributed by atoms with E-state index in [0.717, 1.165) is 17.1 Å². The zero-order valence-corrected chi connectivity index (χ0v) is 11.7. The van der Waals surface area contributed by atoms with Crippen molar-refractivity contribution in [2.45, 2.75) is 6.92 Å². The molecule has 21 heavy (non-hydrogen) atoms. The van der Waals surface area contributed by atoms with Gasteiger partial charge in [-0.3, -0.25) is 0 Å². The van der Waals surface area contributed by atoms with Crippen LogP contribution in [-0.2, 0) is 9.31 Å². The van der Waals surface area contributed by atoms with Gasteiger partial charge in [-0.15, -0.1) is 0 Å². The largest absolute Gasteiger partial charge is 0.493 e. The topological polar surface area (TPSA) is 18.5 Å². The van der Waals surface area contributed by atoms with E-state index in [0.29, 0.717) is 24.7 Å². The van der Waals surface area contributed by atoms with Gasteiger partial charge >= 0.3 is 7.12 Å². The molecule has 0 bridgehead atoms. The monoisotopic (exact) mass is 288 g/mol. The summed E-state index contributed by atoms with van der Waals surface area (Å²) in [6.45, 7) is 3.40. The molecule has 0 saturated carbocycles. The molecule has 0 spiro atoms. The van der Waals surface area contributed by atoms with E-state index in [1.54, 1.807) is 0 Å². The van der Waals surface area contributed by atoms with Crippen molar-refractivity contribution in [3.8, 4) is 11.1 Å². The summed E-state index contributed by atoms with van der Waals surface area (Å²) in [6.07, 6.45) is 0. The number of hydrogen-bond donors (Lipinski definition) is 0. The van der Waals surface area contributed by atoms with E-state index in [2.05, 4.69) is 6.92 Å². The summed E-state index contributed by atoms with van der Waals surface area (Å²) in [6, 6.07) is 10.8. The van der Waals surface area contributed by atoms with Gasteiger partial charge < -0.3 is 9.31 Å². The summed E-state index contributed by atoms with van der Waals surface area (Å²) < 4.78 is 37.7. The minimum atomic E-state index is -0.581. The highest BCUT2D eigenvalue weighted by Gasteiger charge is 2.27. The summed E-state index contributed by atoms with van der Waals surface area (Å²) in [5.74, 6) is -0.764. The predicted octanol–water partition coefficient (Wildman–Crippen LogP) is 3.01. The van der Waals surface area contributed by atoms with E-state index in [9.17, 15) is 8.78 Å². The molecule has 2 aromatic carbocycles. The van der Waals surface area contributed by atoms with Gasteiger partial charge in [0, 0.05) is 19.3 Å². The summed E-state index contributed by atoms with van der Waals surface area (Å²) in [5.41, 5.74) is 2.17. The molecule has 0 amide bonds. The molecule has 0 unspecified atom stereocenters. The van der Waals surface area contributed by atoms with Gasteiger partial charge in [0.2, 0.25) is 0 Å². The fourth-order valence-corrected chi connectivity index (χ4v) is 2.35. The molecule has 5 heteroatoms. The first-order valence-electron chi connectivity index (χ1n) is 6.91. The highest BCUT2D eigenvalue weighted by Crippen LogP contribution is 2.21. The van der Waals surface area contributed by atoms with Gasteiger partial charge in [-0.2, -0.15) is 0 Å². The molecule has 1 aliphatic heterocycles. The van der Waals surface area contributed by atoms with Gasteiger partial charge in [-0.1, -0.05) is 31.2 Å². The number of halogens is 2. The molecule has 1 saturated heterocycles. The lowest BCUT2D eigenvalue weighted by Gasteiger charge is -2.24. The summed E-state index contributed by atoms with van der Waals surface area (Å²) in [7, 11) is -0.362. The van der Waals surface area contributed by atoms with E-state index in [-0.39, 0.29) is 7.12 Å². The zero-order valence-electron chi connectivity index (χ0n) is 11.7. The summed E-state index contributed by atoms with van der Waals surface area (Å²) in [5, 5.41) is 0. The molecule has 3 rings (SSSR count). The minimum absolute atomic E-state index is 0.362. The highest BCUT2D eigenvalue weighted by molar-refractivity contribution is 6.61. The smallest absolute Gasteiger partial charge is 0.407 e. The van der Waals surface area contributed by atoms with Crippen molar-refractivity contribution in [1.29, 1.82) is 0 Å². The first-order valence-corrected chi connectivity index (χ1v) is 6.91. The van der Waals surface area contributed by atoms with Crippen molar-refractivity contribution < 1.29 is 18.1 Å². The Morgan fingerprint density at radius 1 is 0.905 bits per heavy atom. The Kier molecular flexibility index (Phi) is 4.04. The van der Waals surface area contributed by atoms with Gasteiger partial charge in [-0.05, 0) is 34.6 Å². The molecule has 1 fully saturated rings. The summed E-state index contributed by atoms with van der Waals surface area (Å²) in [4.78, 5) is 0. The molecule has 2 nitrogen and oxygen atoms in total. The Balaban J connectivity index is 1.80. The SMILES string of the molecule is CC1COB(c2ccc(-c3cc(F)cc(F)c3)cc2)OC1. The van der Waals surface area contributed by atoms with Crippen molar-refractivity contribution in [1.82, 2.24) is 0 Å². The van der Waals surface area contributed by atoms with Crippen molar-refractivity contribution in [2.24, 2.45) is 5.92 Å². The fourth-order valence-electron chi connectivity index (χ4n) is 2.35. The second-order valence-electron chi connectivity index (χ2n) is 5.38. The van der Waals surface area contributed by atoms with E-state index in [1.807, 2.05) is 24.3 Å². The Morgan fingerprint density at radius 3 is 2.05 bits per heavy atom. The number of benzene rings is 2. The van der Waals surface area contributed by atoms with Crippen LogP contribution in [0.5, 0.6) is 0 Å². The van der Waals surface area contributed by atoms with Crippen molar-refractivity contribution >= 4 is 12.6 Å². The molecule has 0 atom stereocenters. The lowest BCUT2D eigenvalue weighted by atomic mass is 9.77. The van der Waals surface area contributed by atoms with Crippen LogP contribution in [0.3, 0.4) is 0 Å². The Labute approximate surface area is 122 Å². The van der Waals surface area contributed by atoms with Gasteiger partial charge in [0.15, 0.2) is 0 Å². The van der Waals surface area contributed by atoms with Gasteiger partial charge in [0.25, 0.3) is 0 Å². The standard InChI is InChI=1S/C16H15BF2O2/c1-11-9-20-17(21-10-11)14-4-2-12(3-5-14)13-6-15(18)8-16(19)7-13/h2-8,11H,9-10H2,1H3. The lowest BCUT2D eigenvalue weighted by molar-refractivity contribution is 0.0958. The second-order valence-corrected chi connectivity index (χ2v) is 5.38. The van der Waals surface area contributed by atoms with Crippen LogP contribution in [0.25, 0.3) is 11.1 Å². The molecular formula is C16H15BF2O2. The number of hydrogen-bond acceptors (Lipinski definition) is 2. The third-order valence-corrected chi connectivity index (χ3v) is 3.44. The maximum atomic E-state index is 13.2. The van der Waals surface area contributed by atoms with E-state index >= 15 is 0 Å². The molecule has 0 aliphatic carbocycles. The maximum Gasteiger partial charge on any atom is 0.493 e. The average Bonchev–Trinajstić information content (AvgIpc) is 2.47. The fraction of sp³-hybridized carbons (Fsp3) is 0.250. The molecule has 0 radical (unpaired) electrons. The molecule has 1 heterocycles. The Hall–Kier alpha value is -1.72. The second kappa shape index (κ2) is 5.96. The van der Waals surface area contributed by atoms with Crippen molar-refractivity contribution in [3.63, 3.8) is 0 Å². The molecule has 108 valence electrons. The van der Waals surface area contributed by atoms with Gasteiger partial charge in [-0.25, -0.2) is 8.78 Å². The highest BCUT2D eigenvalue weighted by atomic mass is 19.1. The molecule has 0 N–H and O–H groups in total. The van der Waals surface area contributed by atoms with Crippen LogP contribution in [0.4, 0.5) is 8.78 Å². The summed E-state index contributed by atoms with van der Waals surface area (Å²) >= 11 is 0. The van der Waals surface area contributed by atoms with Crippen molar-refractivity contribution in [3.05, 3.63) is 54.1 Å². The molecule has 0 aromatic heterocycles. The van der Waals surface area contributed by atoms with E-state index < -0.39 is 11.6 Å². The van der Waals surface area contributed by atoms with Crippen molar-refractivity contribution in [2.75, 3.05) is 13.2 Å². The molecular weight excluding hydrogens is 273 g/mol. The normalized spacial score (nSPS) is 16.2. The van der Waals surface area contributed by atoms with Crippen LogP contribution in [0, 0.1) is 17.6 Å². The Bertz CT molecular complexity index is 602. The zero-order chi connectivity index (χ0) is 14.8. The first kappa shape index (κ1) is 14.2. The van der Waals surface area contributed by atoms with Gasteiger partial charge in [0.05, 0.1) is 0 Å². The van der Waals surface area contributed by atoms with Crippen LogP contribution >= 0.6 is 0 Å². The predicted molar refractivity (Wildman–Crippen MR) is 78.3 cm³/mol. The van der Waals surface area contributed by atoms with Crippen LogP contribution in [0.15, 0.2) is 42.5 Å². The third-order valence-electron chi connectivity index (χ3n) is 3.44. The van der Waals surface area contributed by atoms with Crippen LogP contribution in [0.2, 0.25) is 0 Å². The number of rotatable bonds is 2. The van der Waals surface area contributed by atoms with Crippen LogP contribution in [-0.4, -0.2) is 20.3 Å². The maximum absolute atomic E-state index is 13.2. The minimum Gasteiger partial charge on any atom is -0.407 e. The lowest BCUT2D eigenvalue weighted by Crippen LogP contribution is -2.43.